The van der Waals surface area contributed by atoms with E-state index < -0.39 is 0 Å². The summed E-state index contributed by atoms with van der Waals surface area (Å²) in [5.41, 5.74) is 7.02. The molecule has 23 heavy (non-hydrogen) atoms. The highest BCUT2D eigenvalue weighted by Crippen LogP contribution is 2.40. The van der Waals surface area contributed by atoms with Gasteiger partial charge in [0.05, 0.1) is 33.2 Å². The van der Waals surface area contributed by atoms with Crippen molar-refractivity contribution in [1.29, 1.82) is 0 Å². The highest BCUT2D eigenvalue weighted by atomic mass is 35.5. The number of rotatable bonds is 6. The first-order valence-corrected chi connectivity index (χ1v) is 6.61. The van der Waals surface area contributed by atoms with Gasteiger partial charge in [-0.25, -0.2) is 4.98 Å². The fraction of sp³-hybridized carbons (Fsp3) is 0.357. The Labute approximate surface area is 140 Å². The molecule has 0 aliphatic carbocycles. The van der Waals surface area contributed by atoms with E-state index in [2.05, 4.69) is 20.5 Å². The monoisotopic (exact) mass is 341 g/mol. The standard InChI is InChI=1S/C14H19N5O3.ClH/c1-8(15)10-7-16-14(19-18-10)17-9-5-11(20-2)13(22-4)12(6-9)21-3;/h5-8H,15H2,1-4H3,(H,16,17,19);1H. The molecule has 1 unspecified atom stereocenters. The van der Waals surface area contributed by atoms with Crippen LogP contribution >= 0.6 is 12.4 Å². The first-order chi connectivity index (χ1) is 10.6. The van der Waals surface area contributed by atoms with Gasteiger partial charge in [-0.15, -0.1) is 22.6 Å². The summed E-state index contributed by atoms with van der Waals surface area (Å²) >= 11 is 0. The molecular formula is C14H20ClN5O3. The van der Waals surface area contributed by atoms with Crippen LogP contribution in [0, 0.1) is 0 Å². The van der Waals surface area contributed by atoms with E-state index in [-0.39, 0.29) is 18.4 Å². The summed E-state index contributed by atoms with van der Waals surface area (Å²) in [6, 6.07) is 3.30. The van der Waals surface area contributed by atoms with Gasteiger partial charge in [-0.05, 0) is 6.92 Å². The maximum absolute atomic E-state index is 5.71. The molecule has 0 saturated carbocycles. The van der Waals surface area contributed by atoms with Crippen molar-refractivity contribution in [2.24, 2.45) is 5.73 Å². The molecule has 8 nitrogen and oxygen atoms in total. The molecule has 0 aliphatic rings. The van der Waals surface area contributed by atoms with Gasteiger partial charge in [0.15, 0.2) is 11.5 Å². The third-order valence-corrected chi connectivity index (χ3v) is 2.97. The second-order valence-electron chi connectivity index (χ2n) is 4.53. The van der Waals surface area contributed by atoms with Gasteiger partial charge in [0.25, 0.3) is 0 Å². The molecule has 2 aromatic rings. The van der Waals surface area contributed by atoms with Gasteiger partial charge in [0, 0.05) is 23.9 Å². The topological polar surface area (TPSA) is 104 Å². The van der Waals surface area contributed by atoms with Gasteiger partial charge >= 0.3 is 0 Å². The Morgan fingerprint density at radius 2 is 1.65 bits per heavy atom. The third-order valence-electron chi connectivity index (χ3n) is 2.97. The Hall–Kier alpha value is -2.32. The van der Waals surface area contributed by atoms with Crippen molar-refractivity contribution in [2.75, 3.05) is 26.6 Å². The molecule has 0 bridgehead atoms. The Bertz CT molecular complexity index is 612. The van der Waals surface area contributed by atoms with E-state index in [1.54, 1.807) is 39.7 Å². The molecule has 1 atom stereocenters. The van der Waals surface area contributed by atoms with E-state index in [1.807, 2.05) is 6.92 Å². The van der Waals surface area contributed by atoms with Crippen molar-refractivity contribution < 1.29 is 14.2 Å². The van der Waals surface area contributed by atoms with Crippen LogP contribution in [0.2, 0.25) is 0 Å². The van der Waals surface area contributed by atoms with Crippen LogP contribution in [0.15, 0.2) is 18.3 Å². The minimum Gasteiger partial charge on any atom is -0.493 e. The molecule has 1 aromatic carbocycles. The lowest BCUT2D eigenvalue weighted by atomic mass is 10.2. The number of halogens is 1. The summed E-state index contributed by atoms with van der Waals surface area (Å²) in [6.45, 7) is 1.82. The fourth-order valence-corrected chi connectivity index (χ4v) is 1.83. The molecule has 3 N–H and O–H groups in total. The quantitative estimate of drug-likeness (QED) is 0.822. The molecule has 0 amide bonds. The number of hydrogen-bond acceptors (Lipinski definition) is 8. The van der Waals surface area contributed by atoms with Crippen LogP contribution in [0.3, 0.4) is 0 Å². The highest BCUT2D eigenvalue weighted by molar-refractivity contribution is 5.85. The summed E-state index contributed by atoms with van der Waals surface area (Å²) in [5.74, 6) is 1.93. The summed E-state index contributed by atoms with van der Waals surface area (Å²) < 4.78 is 15.8. The maximum Gasteiger partial charge on any atom is 0.247 e. The third kappa shape index (κ3) is 4.33. The fourth-order valence-electron chi connectivity index (χ4n) is 1.83. The first kappa shape index (κ1) is 18.7. The average molecular weight is 342 g/mol. The molecule has 2 rings (SSSR count). The van der Waals surface area contributed by atoms with Gasteiger partial charge in [0.2, 0.25) is 11.7 Å². The Kier molecular flexibility index (Phi) is 6.80. The van der Waals surface area contributed by atoms with E-state index in [1.165, 1.54) is 0 Å². The lowest BCUT2D eigenvalue weighted by Gasteiger charge is -2.14. The molecule has 9 heteroatoms. The lowest BCUT2D eigenvalue weighted by molar-refractivity contribution is 0.324. The Morgan fingerprint density at radius 3 is 2.04 bits per heavy atom. The number of ether oxygens (including phenoxy) is 3. The first-order valence-electron chi connectivity index (χ1n) is 6.61. The van der Waals surface area contributed by atoms with Gasteiger partial charge in [-0.3, -0.25) is 0 Å². The zero-order valence-corrected chi connectivity index (χ0v) is 14.2. The van der Waals surface area contributed by atoms with Gasteiger partial charge in [-0.1, -0.05) is 0 Å². The molecule has 0 spiro atoms. The summed E-state index contributed by atoms with van der Waals surface area (Å²) in [7, 11) is 4.65. The van der Waals surface area contributed by atoms with Crippen molar-refractivity contribution in [3.63, 3.8) is 0 Å². The van der Waals surface area contributed by atoms with Gasteiger partial charge in [0.1, 0.15) is 0 Å². The second kappa shape index (κ2) is 8.35. The summed E-state index contributed by atoms with van der Waals surface area (Å²) in [5, 5.41) is 11.0. The minimum atomic E-state index is -0.213. The summed E-state index contributed by atoms with van der Waals surface area (Å²) in [4.78, 5) is 4.17. The number of methoxy groups -OCH3 is 3. The van der Waals surface area contributed by atoms with Gasteiger partial charge in [-0.2, -0.15) is 0 Å². The zero-order valence-electron chi connectivity index (χ0n) is 13.4. The van der Waals surface area contributed by atoms with Gasteiger partial charge < -0.3 is 25.3 Å². The lowest BCUT2D eigenvalue weighted by Crippen LogP contribution is -2.10. The predicted octanol–water partition coefficient (Wildman–Crippen LogP) is 2.08. The Morgan fingerprint density at radius 1 is 1.04 bits per heavy atom. The predicted molar refractivity (Wildman–Crippen MR) is 89.1 cm³/mol. The minimum absolute atomic E-state index is 0. The average Bonchev–Trinajstić information content (AvgIpc) is 2.54. The van der Waals surface area contributed by atoms with Crippen molar-refractivity contribution in [1.82, 2.24) is 15.2 Å². The zero-order chi connectivity index (χ0) is 16.1. The molecule has 0 fully saturated rings. The molecule has 1 aromatic heterocycles. The number of hydrogen-bond donors (Lipinski definition) is 2. The van der Waals surface area contributed by atoms with E-state index in [4.69, 9.17) is 19.9 Å². The van der Waals surface area contributed by atoms with Crippen LogP contribution in [0.4, 0.5) is 11.6 Å². The van der Waals surface area contributed by atoms with Crippen LogP contribution in [-0.4, -0.2) is 36.5 Å². The van der Waals surface area contributed by atoms with E-state index >= 15 is 0 Å². The molecule has 0 saturated heterocycles. The van der Waals surface area contributed by atoms with E-state index in [0.29, 0.717) is 34.6 Å². The normalized spacial score (nSPS) is 11.2. The Balaban J connectivity index is 0.00000264. The van der Waals surface area contributed by atoms with Crippen LogP contribution < -0.4 is 25.3 Å². The summed E-state index contributed by atoms with van der Waals surface area (Å²) in [6.07, 6.45) is 1.58. The number of nitrogens with zero attached hydrogens (tertiary/aromatic N) is 3. The van der Waals surface area contributed by atoms with Crippen LogP contribution in [-0.2, 0) is 0 Å². The number of benzene rings is 1. The van der Waals surface area contributed by atoms with Crippen LogP contribution in [0.25, 0.3) is 0 Å². The van der Waals surface area contributed by atoms with Crippen LogP contribution in [0.1, 0.15) is 18.7 Å². The molecule has 1 heterocycles. The number of anilines is 2. The molecule has 0 aliphatic heterocycles. The second-order valence-corrected chi connectivity index (χ2v) is 4.53. The largest absolute Gasteiger partial charge is 0.493 e. The SMILES string of the molecule is COc1cc(Nc2ncc(C(C)N)nn2)cc(OC)c1OC.Cl. The van der Waals surface area contributed by atoms with Crippen LogP contribution in [0.5, 0.6) is 17.2 Å². The molecule has 126 valence electrons. The molecule has 0 radical (unpaired) electrons. The van der Waals surface area contributed by atoms with Crippen molar-refractivity contribution >= 4 is 24.0 Å². The van der Waals surface area contributed by atoms with Crippen molar-refractivity contribution in [3.05, 3.63) is 24.0 Å². The maximum atomic E-state index is 5.71. The number of aromatic nitrogens is 3. The smallest absolute Gasteiger partial charge is 0.247 e. The molecular weight excluding hydrogens is 322 g/mol. The number of nitrogens with two attached hydrogens (primary N) is 1. The van der Waals surface area contributed by atoms with Crippen molar-refractivity contribution in [3.8, 4) is 17.2 Å². The van der Waals surface area contributed by atoms with E-state index in [9.17, 15) is 0 Å². The van der Waals surface area contributed by atoms with Crippen molar-refractivity contribution in [2.45, 2.75) is 13.0 Å². The highest BCUT2D eigenvalue weighted by Gasteiger charge is 2.14. The van der Waals surface area contributed by atoms with E-state index in [0.717, 1.165) is 0 Å². The number of nitrogens with one attached hydrogen (secondary N) is 1.